The molecule has 238 valence electrons. The van der Waals surface area contributed by atoms with Gasteiger partial charge in [0.2, 0.25) is 11.4 Å². The molecule has 0 N–H and O–H groups in total. The molecule has 2 aromatic carbocycles. The zero-order valence-corrected chi connectivity index (χ0v) is 28.9. The fourth-order valence-corrected chi connectivity index (χ4v) is 5.39. The Kier molecular flexibility index (Phi) is 22.6. The molecule has 0 aromatic heterocycles. The van der Waals surface area contributed by atoms with Crippen LogP contribution >= 0.6 is 0 Å². The normalized spacial score (nSPS) is 12.1. The minimum absolute atomic E-state index is 0. The van der Waals surface area contributed by atoms with Crippen LogP contribution in [-0.4, -0.2) is 4.70 Å². The summed E-state index contributed by atoms with van der Waals surface area (Å²) in [5, 5.41) is 0. The Morgan fingerprint density at radius 3 is 1.60 bits per heavy atom. The maximum absolute atomic E-state index is 11.4. The number of unbranched alkanes of at least 4 members (excludes halogenated alkanes) is 12. The summed E-state index contributed by atoms with van der Waals surface area (Å²) in [6.45, 7) is 6.75. The van der Waals surface area contributed by atoms with Crippen molar-refractivity contribution in [1.29, 1.82) is 0 Å². The van der Waals surface area contributed by atoms with Crippen molar-refractivity contribution in [3.8, 4) is 11.8 Å². The van der Waals surface area contributed by atoms with Crippen LogP contribution in [0.4, 0.5) is 0 Å². The minimum Gasteiger partial charge on any atom is -0.493 e. The van der Waals surface area contributed by atoms with E-state index in [0.29, 0.717) is 0 Å². The second-order valence-corrected chi connectivity index (χ2v) is 11.4. The topological polar surface area (TPSA) is 25.3 Å². The molecule has 0 saturated carbocycles. The SMILES string of the molecule is CCCCCCCCCCC#CC1=C(c2ccc(CCCC)cc2)[N+](=[N-])C(c2ccc(CCCCCC)cc2)=C1.[CH3-].[CH3-].[Ni+2]. The number of hydrogen-bond donors (Lipinski definition) is 0. The Balaban J connectivity index is 0.00000588. The first kappa shape index (κ1) is 40.6. The molecule has 1 heterocycles. The zero-order valence-electron chi connectivity index (χ0n) is 27.9. The Morgan fingerprint density at radius 2 is 1.05 bits per heavy atom. The zero-order chi connectivity index (χ0) is 28.4. The third-order valence-corrected chi connectivity index (χ3v) is 7.97. The molecule has 0 bridgehead atoms. The molecule has 0 radical (unpaired) electrons. The summed E-state index contributed by atoms with van der Waals surface area (Å²) in [5.41, 5.74) is 18.7. The van der Waals surface area contributed by atoms with Crippen LogP contribution in [0.5, 0.6) is 0 Å². The van der Waals surface area contributed by atoms with Crippen molar-refractivity contribution in [3.05, 3.63) is 103 Å². The van der Waals surface area contributed by atoms with Crippen molar-refractivity contribution < 1.29 is 21.2 Å². The third-order valence-electron chi connectivity index (χ3n) is 7.97. The van der Waals surface area contributed by atoms with E-state index in [0.717, 1.165) is 53.8 Å². The van der Waals surface area contributed by atoms with Gasteiger partial charge in [0.1, 0.15) is 5.57 Å². The molecule has 43 heavy (non-hydrogen) atoms. The standard InChI is InChI=1S/C38H52N2.2CH3.Ni/c1-4-7-10-12-13-14-15-16-17-19-22-36-31-37(34-27-23-33(24-28-34)21-18-11-8-5-2)40(39)38(36)35-29-25-32(26-30-35)20-9-6-3;;;/h23-31H,4-18,20-21H2,1-3H3;2*1H3;/q;2*-1;+2. The van der Waals surface area contributed by atoms with Crippen LogP contribution in [0.1, 0.15) is 139 Å². The van der Waals surface area contributed by atoms with Crippen LogP contribution < -0.4 is 0 Å². The summed E-state index contributed by atoms with van der Waals surface area (Å²) in [4.78, 5) is 0. The Hall–Kier alpha value is -2.43. The van der Waals surface area contributed by atoms with Gasteiger partial charge in [0.25, 0.3) is 0 Å². The van der Waals surface area contributed by atoms with Crippen molar-refractivity contribution in [2.75, 3.05) is 0 Å². The molecule has 3 heteroatoms. The smallest absolute Gasteiger partial charge is 0.493 e. The number of nitrogens with zero attached hydrogens (tertiary/aromatic N) is 2. The van der Waals surface area contributed by atoms with Crippen LogP contribution in [0.3, 0.4) is 0 Å². The van der Waals surface area contributed by atoms with E-state index in [1.807, 2.05) is 0 Å². The van der Waals surface area contributed by atoms with Gasteiger partial charge >= 0.3 is 16.5 Å². The van der Waals surface area contributed by atoms with Gasteiger partial charge in [-0.2, -0.15) is 0 Å². The summed E-state index contributed by atoms with van der Waals surface area (Å²) in [6.07, 6.45) is 23.2. The third kappa shape index (κ3) is 13.8. The predicted octanol–water partition coefficient (Wildman–Crippen LogP) is 12.4. The number of hydrogen-bond acceptors (Lipinski definition) is 0. The van der Waals surface area contributed by atoms with E-state index >= 15 is 0 Å². The summed E-state index contributed by atoms with van der Waals surface area (Å²) >= 11 is 0. The van der Waals surface area contributed by atoms with Crippen molar-refractivity contribution in [2.45, 2.75) is 130 Å². The fraction of sp³-hybridized carbons (Fsp3) is 0.500. The first-order chi connectivity index (χ1) is 19.7. The van der Waals surface area contributed by atoms with E-state index in [1.165, 1.54) is 99.3 Å². The Labute approximate surface area is 276 Å². The van der Waals surface area contributed by atoms with Gasteiger partial charge in [-0.15, -0.1) is 0 Å². The molecule has 0 saturated heterocycles. The number of allylic oxidation sites excluding steroid dienone is 2. The van der Waals surface area contributed by atoms with Crippen LogP contribution in [0, 0.1) is 26.7 Å². The Bertz CT molecular complexity index is 1160. The van der Waals surface area contributed by atoms with Gasteiger partial charge in [-0.3, -0.25) is 0 Å². The molecule has 2 nitrogen and oxygen atoms in total. The van der Waals surface area contributed by atoms with E-state index in [4.69, 9.17) is 0 Å². The van der Waals surface area contributed by atoms with Gasteiger partial charge in [-0.25, -0.2) is 4.70 Å². The van der Waals surface area contributed by atoms with Gasteiger partial charge in [0, 0.05) is 23.6 Å². The quantitative estimate of drug-likeness (QED) is 0.0518. The van der Waals surface area contributed by atoms with E-state index < -0.39 is 0 Å². The van der Waals surface area contributed by atoms with Gasteiger partial charge in [-0.05, 0) is 67.5 Å². The first-order valence-corrected chi connectivity index (χ1v) is 16.3. The molecular weight excluding hydrogens is 567 g/mol. The fourth-order valence-electron chi connectivity index (χ4n) is 5.39. The predicted molar refractivity (Wildman–Crippen MR) is 186 cm³/mol. The second kappa shape index (κ2) is 24.0. The molecule has 0 aliphatic carbocycles. The average molecular weight is 626 g/mol. The van der Waals surface area contributed by atoms with E-state index in [1.54, 1.807) is 0 Å². The maximum Gasteiger partial charge on any atom is 2.00 e. The molecule has 0 fully saturated rings. The molecule has 0 unspecified atom stereocenters. The van der Waals surface area contributed by atoms with E-state index in [9.17, 15) is 5.53 Å². The first-order valence-electron chi connectivity index (χ1n) is 16.3. The summed E-state index contributed by atoms with van der Waals surface area (Å²) in [6, 6.07) is 17.4. The number of rotatable bonds is 18. The number of benzene rings is 2. The molecule has 0 amide bonds. The molecule has 3 rings (SSSR count). The van der Waals surface area contributed by atoms with Crippen molar-refractivity contribution in [1.82, 2.24) is 0 Å². The van der Waals surface area contributed by atoms with Gasteiger partial charge in [0.15, 0.2) is 0 Å². The van der Waals surface area contributed by atoms with Crippen molar-refractivity contribution in [2.24, 2.45) is 0 Å². The van der Waals surface area contributed by atoms with Gasteiger partial charge in [-0.1, -0.05) is 128 Å². The molecule has 0 spiro atoms. The molecule has 2 aromatic rings. The van der Waals surface area contributed by atoms with E-state index in [2.05, 4.69) is 87.2 Å². The Morgan fingerprint density at radius 1 is 0.581 bits per heavy atom. The molecule has 0 atom stereocenters. The van der Waals surface area contributed by atoms with Crippen molar-refractivity contribution in [3.63, 3.8) is 0 Å². The number of aryl methyl sites for hydroxylation is 2. The monoisotopic (exact) mass is 624 g/mol. The maximum atomic E-state index is 11.4. The van der Waals surface area contributed by atoms with Gasteiger partial charge < -0.3 is 20.4 Å². The van der Waals surface area contributed by atoms with Crippen LogP contribution in [0.15, 0.2) is 60.2 Å². The average Bonchev–Trinajstić information content (AvgIpc) is 3.31. The van der Waals surface area contributed by atoms with Gasteiger partial charge in [0.05, 0.1) is 0 Å². The van der Waals surface area contributed by atoms with Crippen LogP contribution in [-0.2, 0) is 29.3 Å². The van der Waals surface area contributed by atoms with Crippen LogP contribution in [0.2, 0.25) is 0 Å². The van der Waals surface area contributed by atoms with Crippen LogP contribution in [0.25, 0.3) is 16.9 Å². The second-order valence-electron chi connectivity index (χ2n) is 11.4. The summed E-state index contributed by atoms with van der Waals surface area (Å²) in [5.74, 6) is 6.85. The minimum atomic E-state index is 0. The van der Waals surface area contributed by atoms with E-state index in [-0.39, 0.29) is 31.3 Å². The summed E-state index contributed by atoms with van der Waals surface area (Å²) in [7, 11) is 0. The molecule has 1 aliphatic heterocycles. The molecule has 1 aliphatic rings. The van der Waals surface area contributed by atoms with Crippen molar-refractivity contribution >= 4 is 11.4 Å². The molecular formula is C40H58N2Ni. The largest absolute Gasteiger partial charge is 2.00 e. The summed E-state index contributed by atoms with van der Waals surface area (Å²) < 4.78 is 1.36.